The lowest BCUT2D eigenvalue weighted by Crippen LogP contribution is -2.22. The molecule has 29 heavy (non-hydrogen) atoms. The van der Waals surface area contributed by atoms with Crippen molar-refractivity contribution in [3.8, 4) is 11.5 Å². The van der Waals surface area contributed by atoms with Crippen molar-refractivity contribution in [2.75, 3.05) is 7.05 Å². The molecule has 0 spiro atoms. The molecule has 0 aromatic heterocycles. The van der Waals surface area contributed by atoms with E-state index in [9.17, 15) is 32.9 Å². The maximum atomic E-state index is 12.8. The minimum Gasteiger partial charge on any atom is -0.450 e. The molecule has 3 rings (SSSR count). The summed E-state index contributed by atoms with van der Waals surface area (Å²) in [6.07, 6.45) is -3.22. The zero-order valence-electron chi connectivity index (χ0n) is 14.6. The standard InChI is InChI=1S/C18H11F3N2O5S/c1-22-16(24)15(29-17(22)25)8-10-2-5-12(6-3-10)28-14-7-4-11(18(19,20)21)9-13(14)23(26)27/h2-9H,1H3/b15-8-. The number of imide groups is 1. The first-order valence-electron chi connectivity index (χ1n) is 7.91. The van der Waals surface area contributed by atoms with Crippen LogP contribution in [0.3, 0.4) is 0 Å². The lowest BCUT2D eigenvalue weighted by molar-refractivity contribution is -0.385. The number of rotatable bonds is 4. The van der Waals surface area contributed by atoms with Crippen LogP contribution in [0.5, 0.6) is 11.5 Å². The van der Waals surface area contributed by atoms with E-state index in [0.29, 0.717) is 17.7 Å². The van der Waals surface area contributed by atoms with Gasteiger partial charge in [0.2, 0.25) is 5.75 Å². The molecule has 0 saturated carbocycles. The van der Waals surface area contributed by atoms with E-state index in [-0.39, 0.29) is 16.4 Å². The molecule has 2 aromatic rings. The Labute approximate surface area is 165 Å². The van der Waals surface area contributed by atoms with E-state index in [1.165, 1.54) is 37.4 Å². The van der Waals surface area contributed by atoms with Gasteiger partial charge >= 0.3 is 11.9 Å². The van der Waals surface area contributed by atoms with Crippen molar-refractivity contribution in [2.24, 2.45) is 0 Å². The lowest BCUT2D eigenvalue weighted by Gasteiger charge is -2.10. The summed E-state index contributed by atoms with van der Waals surface area (Å²) < 4.78 is 43.6. The largest absolute Gasteiger partial charge is 0.450 e. The molecule has 1 aliphatic rings. The SMILES string of the molecule is CN1C(=O)S/C(=C\c2ccc(Oc3ccc(C(F)(F)F)cc3[N+](=O)[O-])cc2)C1=O. The van der Waals surface area contributed by atoms with Crippen molar-refractivity contribution in [1.29, 1.82) is 0 Å². The molecular formula is C18H11F3N2O5S. The van der Waals surface area contributed by atoms with Crippen LogP contribution in [0.4, 0.5) is 23.7 Å². The van der Waals surface area contributed by atoms with Gasteiger partial charge in [-0.1, -0.05) is 12.1 Å². The van der Waals surface area contributed by atoms with Gasteiger partial charge in [-0.15, -0.1) is 0 Å². The number of nitrogens with zero attached hydrogens (tertiary/aromatic N) is 2. The number of halogens is 3. The fraction of sp³-hybridized carbons (Fsp3) is 0.111. The number of amides is 2. The maximum absolute atomic E-state index is 12.8. The van der Waals surface area contributed by atoms with E-state index in [4.69, 9.17) is 4.74 Å². The topological polar surface area (TPSA) is 89.8 Å². The van der Waals surface area contributed by atoms with Crippen LogP contribution in [0.1, 0.15) is 11.1 Å². The number of nitro groups is 1. The molecule has 0 aliphatic carbocycles. The van der Waals surface area contributed by atoms with Gasteiger partial charge in [0.05, 0.1) is 15.4 Å². The third-order valence-corrected chi connectivity index (χ3v) is 4.84. The highest BCUT2D eigenvalue weighted by molar-refractivity contribution is 8.18. The number of carbonyl (C=O) groups excluding carboxylic acids is 2. The third-order valence-electron chi connectivity index (χ3n) is 3.88. The number of hydrogen-bond donors (Lipinski definition) is 0. The molecule has 7 nitrogen and oxygen atoms in total. The van der Waals surface area contributed by atoms with Crippen molar-refractivity contribution in [3.63, 3.8) is 0 Å². The summed E-state index contributed by atoms with van der Waals surface area (Å²) in [5.41, 5.74) is -1.41. The Morgan fingerprint density at radius 2 is 1.79 bits per heavy atom. The predicted molar refractivity (Wildman–Crippen MR) is 98.3 cm³/mol. The summed E-state index contributed by atoms with van der Waals surface area (Å²) in [5.74, 6) is -0.628. The number of nitro benzene ring substituents is 1. The number of ether oxygens (including phenoxy) is 1. The van der Waals surface area contributed by atoms with Gasteiger partial charge in [0.25, 0.3) is 11.1 Å². The molecule has 2 amide bonds. The molecule has 0 bridgehead atoms. The lowest BCUT2D eigenvalue weighted by atomic mass is 10.1. The van der Waals surface area contributed by atoms with Crippen LogP contribution in [0, 0.1) is 10.1 Å². The fourth-order valence-electron chi connectivity index (χ4n) is 2.38. The van der Waals surface area contributed by atoms with Crippen LogP contribution in [0.15, 0.2) is 47.4 Å². The molecule has 1 saturated heterocycles. The molecule has 1 fully saturated rings. The van der Waals surface area contributed by atoms with E-state index in [1.807, 2.05) is 0 Å². The van der Waals surface area contributed by atoms with E-state index in [0.717, 1.165) is 22.7 Å². The number of hydrogen-bond acceptors (Lipinski definition) is 6. The van der Waals surface area contributed by atoms with Gasteiger partial charge in [-0.2, -0.15) is 13.2 Å². The molecule has 1 aliphatic heterocycles. The summed E-state index contributed by atoms with van der Waals surface area (Å²) in [7, 11) is 1.37. The van der Waals surface area contributed by atoms with Gasteiger partial charge in [-0.05, 0) is 47.7 Å². The van der Waals surface area contributed by atoms with Gasteiger partial charge in [-0.25, -0.2) is 0 Å². The van der Waals surface area contributed by atoms with Crippen LogP contribution in [-0.2, 0) is 11.0 Å². The average molecular weight is 424 g/mol. The predicted octanol–water partition coefficient (Wildman–Crippen LogP) is 5.07. The van der Waals surface area contributed by atoms with Crippen molar-refractivity contribution < 1.29 is 32.4 Å². The van der Waals surface area contributed by atoms with E-state index < -0.39 is 33.5 Å². The van der Waals surface area contributed by atoms with Gasteiger partial charge in [0, 0.05) is 13.1 Å². The van der Waals surface area contributed by atoms with Crippen LogP contribution in [-0.4, -0.2) is 28.0 Å². The Bertz CT molecular complexity index is 1030. The zero-order valence-corrected chi connectivity index (χ0v) is 15.4. The normalized spacial score (nSPS) is 15.9. The van der Waals surface area contributed by atoms with Gasteiger partial charge in [0.1, 0.15) is 5.75 Å². The van der Waals surface area contributed by atoms with E-state index in [1.54, 1.807) is 0 Å². The third kappa shape index (κ3) is 4.40. The van der Waals surface area contributed by atoms with E-state index >= 15 is 0 Å². The molecule has 11 heteroatoms. The molecule has 2 aromatic carbocycles. The van der Waals surface area contributed by atoms with Crippen LogP contribution in [0.25, 0.3) is 6.08 Å². The highest BCUT2D eigenvalue weighted by Crippen LogP contribution is 2.38. The number of carbonyl (C=O) groups is 2. The summed E-state index contributed by atoms with van der Waals surface area (Å²) >= 11 is 0.792. The quantitative estimate of drug-likeness (QED) is 0.387. The van der Waals surface area contributed by atoms with E-state index in [2.05, 4.69) is 0 Å². The van der Waals surface area contributed by atoms with Crippen molar-refractivity contribution in [2.45, 2.75) is 6.18 Å². The maximum Gasteiger partial charge on any atom is 0.416 e. The summed E-state index contributed by atoms with van der Waals surface area (Å²) in [6.45, 7) is 0. The second kappa shape index (κ2) is 7.59. The average Bonchev–Trinajstić information content (AvgIpc) is 2.89. The van der Waals surface area contributed by atoms with Crippen LogP contribution < -0.4 is 4.74 Å². The molecule has 1 heterocycles. The molecule has 0 radical (unpaired) electrons. The Kier molecular flexibility index (Phi) is 5.33. The van der Waals surface area contributed by atoms with Gasteiger partial charge < -0.3 is 4.74 Å². The highest BCUT2D eigenvalue weighted by atomic mass is 32.2. The van der Waals surface area contributed by atoms with Gasteiger partial charge in [0.15, 0.2) is 0 Å². The van der Waals surface area contributed by atoms with Crippen molar-refractivity contribution >= 4 is 34.7 Å². The van der Waals surface area contributed by atoms with Crippen LogP contribution >= 0.6 is 11.8 Å². The monoisotopic (exact) mass is 424 g/mol. The Balaban J connectivity index is 1.82. The highest BCUT2D eigenvalue weighted by Gasteiger charge is 2.34. The minimum atomic E-state index is -4.72. The summed E-state index contributed by atoms with van der Waals surface area (Å²) in [4.78, 5) is 34.7. The molecule has 0 atom stereocenters. The number of alkyl halides is 3. The Morgan fingerprint density at radius 3 is 2.31 bits per heavy atom. The number of thioether (sulfide) groups is 1. The Morgan fingerprint density at radius 1 is 1.14 bits per heavy atom. The van der Waals surface area contributed by atoms with Gasteiger partial charge in [-0.3, -0.25) is 24.6 Å². The smallest absolute Gasteiger partial charge is 0.416 e. The Hall–Kier alpha value is -3.34. The first kappa shape index (κ1) is 20.4. The molecule has 150 valence electrons. The minimum absolute atomic E-state index is 0.147. The van der Waals surface area contributed by atoms with Crippen molar-refractivity contribution in [3.05, 3.63) is 68.6 Å². The van der Waals surface area contributed by atoms with Crippen LogP contribution in [0.2, 0.25) is 0 Å². The second-order valence-electron chi connectivity index (χ2n) is 5.85. The summed E-state index contributed by atoms with van der Waals surface area (Å²) in [5, 5.41) is 10.7. The first-order valence-corrected chi connectivity index (χ1v) is 8.73. The first-order chi connectivity index (χ1) is 13.6. The summed E-state index contributed by atoms with van der Waals surface area (Å²) in [6, 6.07) is 7.92. The second-order valence-corrected chi connectivity index (χ2v) is 6.84. The molecule has 0 N–H and O–H groups in total. The fourth-order valence-corrected chi connectivity index (χ4v) is 3.21. The number of benzene rings is 2. The molecule has 0 unspecified atom stereocenters. The zero-order chi connectivity index (χ0) is 21.3. The van der Waals surface area contributed by atoms with Crippen molar-refractivity contribution in [1.82, 2.24) is 4.90 Å². The molecular weight excluding hydrogens is 413 g/mol. The number of likely N-dealkylation sites (N-methyl/N-ethyl adjacent to an activating group) is 1.